The predicted molar refractivity (Wildman–Crippen MR) is 78.6 cm³/mol. The van der Waals surface area contributed by atoms with Crippen LogP contribution in [0.15, 0.2) is 40.9 Å². The molecule has 0 saturated heterocycles. The number of hydrogen-bond acceptors (Lipinski definition) is 6. The van der Waals surface area contributed by atoms with E-state index in [9.17, 15) is 9.59 Å². The average molecular weight is 301 g/mol. The predicted octanol–water partition coefficient (Wildman–Crippen LogP) is 1.69. The summed E-state index contributed by atoms with van der Waals surface area (Å²) in [6, 6.07) is 5.08. The van der Waals surface area contributed by atoms with Crippen LogP contribution in [0.1, 0.15) is 16.1 Å². The standard InChI is InChI=1S/C14H11N3O3S/c1-20-14(19)9-2-3-10(15-6-9)7-17-8-16-12-11(13(17)18)4-5-21-12/h2-6,8H,7H2,1H3. The van der Waals surface area contributed by atoms with Crippen LogP contribution in [-0.2, 0) is 11.3 Å². The highest BCUT2D eigenvalue weighted by Crippen LogP contribution is 2.13. The Kier molecular flexibility index (Phi) is 3.49. The van der Waals surface area contributed by atoms with E-state index < -0.39 is 5.97 Å². The number of pyridine rings is 1. The molecule has 0 aliphatic rings. The van der Waals surface area contributed by atoms with Gasteiger partial charge in [0.1, 0.15) is 4.83 Å². The first-order valence-electron chi connectivity index (χ1n) is 6.15. The average Bonchev–Trinajstić information content (AvgIpc) is 2.99. The van der Waals surface area contributed by atoms with E-state index in [1.165, 1.54) is 35.5 Å². The van der Waals surface area contributed by atoms with Gasteiger partial charge in [0, 0.05) is 6.20 Å². The van der Waals surface area contributed by atoms with Crippen molar-refractivity contribution in [3.05, 3.63) is 57.7 Å². The number of carbonyl (C=O) groups is 1. The molecule has 3 aromatic rings. The van der Waals surface area contributed by atoms with Crippen LogP contribution < -0.4 is 5.56 Å². The summed E-state index contributed by atoms with van der Waals surface area (Å²) >= 11 is 1.43. The third kappa shape index (κ3) is 2.55. The largest absolute Gasteiger partial charge is 0.465 e. The summed E-state index contributed by atoms with van der Waals surface area (Å²) in [5, 5.41) is 2.45. The summed E-state index contributed by atoms with van der Waals surface area (Å²) in [6.07, 6.45) is 2.94. The lowest BCUT2D eigenvalue weighted by Crippen LogP contribution is -2.21. The minimum Gasteiger partial charge on any atom is -0.465 e. The molecule has 0 unspecified atom stereocenters. The lowest BCUT2D eigenvalue weighted by atomic mass is 10.2. The molecule has 0 saturated carbocycles. The van der Waals surface area contributed by atoms with Crippen molar-refractivity contribution in [2.24, 2.45) is 0 Å². The van der Waals surface area contributed by atoms with E-state index in [4.69, 9.17) is 0 Å². The number of thiophene rings is 1. The van der Waals surface area contributed by atoms with E-state index in [0.717, 1.165) is 4.83 Å². The van der Waals surface area contributed by atoms with Crippen LogP contribution in [0.5, 0.6) is 0 Å². The molecule has 0 bridgehead atoms. The summed E-state index contributed by atoms with van der Waals surface area (Å²) in [7, 11) is 1.32. The second-order valence-corrected chi connectivity index (χ2v) is 5.24. The number of ether oxygens (including phenoxy) is 1. The van der Waals surface area contributed by atoms with E-state index in [-0.39, 0.29) is 5.56 Å². The topological polar surface area (TPSA) is 74.1 Å². The van der Waals surface area contributed by atoms with Gasteiger partial charge in [0.15, 0.2) is 0 Å². The molecule has 3 aromatic heterocycles. The first-order chi connectivity index (χ1) is 10.2. The number of esters is 1. The van der Waals surface area contributed by atoms with Gasteiger partial charge in [-0.15, -0.1) is 11.3 Å². The molecule has 3 heterocycles. The molecular weight excluding hydrogens is 290 g/mol. The molecule has 6 nitrogen and oxygen atoms in total. The molecule has 0 atom stereocenters. The zero-order chi connectivity index (χ0) is 14.8. The molecule has 0 aliphatic carbocycles. The molecule has 0 spiro atoms. The van der Waals surface area contributed by atoms with Gasteiger partial charge in [-0.1, -0.05) is 0 Å². The molecule has 7 heteroatoms. The van der Waals surface area contributed by atoms with Crippen LogP contribution in [0.4, 0.5) is 0 Å². The Hall–Kier alpha value is -2.54. The number of aromatic nitrogens is 3. The Labute approximate surface area is 123 Å². The maximum absolute atomic E-state index is 12.2. The van der Waals surface area contributed by atoms with Gasteiger partial charge >= 0.3 is 5.97 Å². The van der Waals surface area contributed by atoms with Crippen molar-refractivity contribution in [3.8, 4) is 0 Å². The second kappa shape index (κ2) is 5.45. The van der Waals surface area contributed by atoms with Gasteiger partial charge in [-0.3, -0.25) is 14.3 Å². The molecule has 0 radical (unpaired) electrons. The van der Waals surface area contributed by atoms with Crippen molar-refractivity contribution < 1.29 is 9.53 Å². The molecule has 0 amide bonds. The number of fused-ring (bicyclic) bond motifs is 1. The number of rotatable bonds is 3. The van der Waals surface area contributed by atoms with Gasteiger partial charge in [-0.25, -0.2) is 9.78 Å². The summed E-state index contributed by atoms with van der Waals surface area (Å²) < 4.78 is 6.11. The van der Waals surface area contributed by atoms with Crippen molar-refractivity contribution in [2.75, 3.05) is 7.11 Å². The smallest absolute Gasteiger partial charge is 0.339 e. The fraction of sp³-hybridized carbons (Fsp3) is 0.143. The van der Waals surface area contributed by atoms with Gasteiger partial charge in [0.25, 0.3) is 5.56 Å². The lowest BCUT2D eigenvalue weighted by Gasteiger charge is -2.05. The van der Waals surface area contributed by atoms with Crippen LogP contribution in [0, 0.1) is 0 Å². The van der Waals surface area contributed by atoms with Crippen LogP contribution in [0.2, 0.25) is 0 Å². The third-order valence-corrected chi connectivity index (χ3v) is 3.85. The summed E-state index contributed by atoms with van der Waals surface area (Å²) in [5.41, 5.74) is 0.946. The van der Waals surface area contributed by atoms with Gasteiger partial charge in [0.2, 0.25) is 0 Å². The van der Waals surface area contributed by atoms with Crippen molar-refractivity contribution >= 4 is 27.5 Å². The molecule has 0 fully saturated rings. The number of carbonyl (C=O) groups excluding carboxylic acids is 1. The normalized spacial score (nSPS) is 10.7. The lowest BCUT2D eigenvalue weighted by molar-refractivity contribution is 0.0600. The zero-order valence-electron chi connectivity index (χ0n) is 11.1. The van der Waals surface area contributed by atoms with Crippen LogP contribution in [0.25, 0.3) is 10.2 Å². The fourth-order valence-electron chi connectivity index (χ4n) is 1.94. The van der Waals surface area contributed by atoms with E-state index >= 15 is 0 Å². The maximum atomic E-state index is 12.2. The van der Waals surface area contributed by atoms with Gasteiger partial charge in [-0.05, 0) is 23.6 Å². The molecule has 106 valence electrons. The fourth-order valence-corrected chi connectivity index (χ4v) is 2.66. The third-order valence-electron chi connectivity index (χ3n) is 3.03. The molecular formula is C14H11N3O3S. The van der Waals surface area contributed by atoms with Gasteiger partial charge in [0.05, 0.1) is 36.6 Å². The molecule has 0 aromatic carbocycles. The Morgan fingerprint density at radius 2 is 2.19 bits per heavy atom. The first kappa shape index (κ1) is 13.4. The summed E-state index contributed by atoms with van der Waals surface area (Å²) in [4.78, 5) is 32.7. The molecule has 3 rings (SSSR count). The first-order valence-corrected chi connectivity index (χ1v) is 7.03. The monoisotopic (exact) mass is 301 g/mol. The number of methoxy groups -OCH3 is 1. The molecule has 0 N–H and O–H groups in total. The summed E-state index contributed by atoms with van der Waals surface area (Å²) in [5.74, 6) is -0.437. The van der Waals surface area contributed by atoms with Crippen molar-refractivity contribution in [1.82, 2.24) is 14.5 Å². The quantitative estimate of drug-likeness (QED) is 0.688. The van der Waals surface area contributed by atoms with Crippen molar-refractivity contribution in [3.63, 3.8) is 0 Å². The SMILES string of the molecule is COC(=O)c1ccc(Cn2cnc3sccc3c2=O)nc1. The zero-order valence-corrected chi connectivity index (χ0v) is 12.0. The van der Waals surface area contributed by atoms with Crippen LogP contribution >= 0.6 is 11.3 Å². The van der Waals surface area contributed by atoms with Crippen LogP contribution in [-0.4, -0.2) is 27.6 Å². The Balaban J connectivity index is 1.90. The Morgan fingerprint density at radius 3 is 2.90 bits per heavy atom. The van der Waals surface area contributed by atoms with Crippen molar-refractivity contribution in [2.45, 2.75) is 6.54 Å². The Bertz CT molecular complexity index is 852. The minimum absolute atomic E-state index is 0.0971. The second-order valence-electron chi connectivity index (χ2n) is 4.35. The Morgan fingerprint density at radius 1 is 1.33 bits per heavy atom. The maximum Gasteiger partial charge on any atom is 0.339 e. The van der Waals surface area contributed by atoms with E-state index in [0.29, 0.717) is 23.2 Å². The summed E-state index contributed by atoms with van der Waals surface area (Å²) in [6.45, 7) is 0.305. The van der Waals surface area contributed by atoms with E-state index in [2.05, 4.69) is 14.7 Å². The van der Waals surface area contributed by atoms with E-state index in [1.54, 1.807) is 18.2 Å². The highest BCUT2D eigenvalue weighted by atomic mass is 32.1. The minimum atomic E-state index is -0.437. The molecule has 21 heavy (non-hydrogen) atoms. The number of nitrogens with zero attached hydrogens (tertiary/aromatic N) is 3. The highest BCUT2D eigenvalue weighted by Gasteiger charge is 2.08. The van der Waals surface area contributed by atoms with Crippen molar-refractivity contribution in [1.29, 1.82) is 0 Å². The van der Waals surface area contributed by atoms with Crippen LogP contribution in [0.3, 0.4) is 0 Å². The van der Waals surface area contributed by atoms with Gasteiger partial charge < -0.3 is 4.74 Å². The van der Waals surface area contributed by atoms with E-state index in [1.807, 2.05) is 5.38 Å². The number of hydrogen-bond donors (Lipinski definition) is 0. The highest BCUT2D eigenvalue weighted by molar-refractivity contribution is 7.16. The molecule has 0 aliphatic heterocycles. The van der Waals surface area contributed by atoms with Gasteiger partial charge in [-0.2, -0.15) is 0 Å².